The normalized spacial score (nSPS) is 13.9. The van der Waals surface area contributed by atoms with Crippen molar-refractivity contribution in [1.82, 2.24) is 4.98 Å². The van der Waals surface area contributed by atoms with Crippen molar-refractivity contribution >= 4 is 23.3 Å². The molecule has 0 spiro atoms. The van der Waals surface area contributed by atoms with Crippen LogP contribution >= 0.6 is 0 Å². The van der Waals surface area contributed by atoms with Crippen molar-refractivity contribution in [3.05, 3.63) is 58.5 Å². The van der Waals surface area contributed by atoms with E-state index in [4.69, 9.17) is 4.74 Å². The number of nitrogens with one attached hydrogen (secondary N) is 2. The fourth-order valence-corrected chi connectivity index (χ4v) is 2.86. The van der Waals surface area contributed by atoms with Crippen LogP contribution in [-0.2, 0) is 9.53 Å². The largest absolute Gasteiger partial charge is 0.452 e. The van der Waals surface area contributed by atoms with Gasteiger partial charge in [0.15, 0.2) is 6.61 Å². The first-order valence-electron chi connectivity index (χ1n) is 8.62. The minimum Gasteiger partial charge on any atom is -0.452 e. The van der Waals surface area contributed by atoms with Crippen LogP contribution in [0.3, 0.4) is 0 Å². The SMILES string of the molecule is O=C(COC(=O)c1ccc(=O)[nH]c1)Nc1ccc(N2CCCCC2)cc1. The molecule has 1 aliphatic rings. The molecule has 0 radical (unpaired) electrons. The van der Waals surface area contributed by atoms with Crippen molar-refractivity contribution in [2.75, 3.05) is 29.9 Å². The van der Waals surface area contributed by atoms with Gasteiger partial charge in [0.05, 0.1) is 5.56 Å². The van der Waals surface area contributed by atoms with Gasteiger partial charge >= 0.3 is 5.97 Å². The molecule has 136 valence electrons. The molecule has 7 nitrogen and oxygen atoms in total. The number of carbonyl (C=O) groups is 2. The standard InChI is InChI=1S/C19H21N3O4/c23-17-9-4-14(12-20-17)19(25)26-13-18(24)21-15-5-7-16(8-6-15)22-10-2-1-3-11-22/h4-9,12H,1-3,10-11,13H2,(H,20,23)(H,21,24). The number of benzene rings is 1. The van der Waals surface area contributed by atoms with Crippen LogP contribution in [0.1, 0.15) is 29.6 Å². The number of nitrogens with zero attached hydrogens (tertiary/aromatic N) is 1. The number of hydrogen-bond acceptors (Lipinski definition) is 5. The quantitative estimate of drug-likeness (QED) is 0.802. The molecule has 1 aromatic carbocycles. The summed E-state index contributed by atoms with van der Waals surface area (Å²) in [6.45, 7) is 1.73. The molecular weight excluding hydrogens is 334 g/mol. The lowest BCUT2D eigenvalue weighted by Crippen LogP contribution is -2.29. The first kappa shape index (κ1) is 17.7. The van der Waals surface area contributed by atoms with Gasteiger partial charge in [-0.25, -0.2) is 4.79 Å². The third-order valence-corrected chi connectivity index (χ3v) is 4.23. The lowest BCUT2D eigenvalue weighted by molar-refractivity contribution is -0.119. The first-order valence-corrected chi connectivity index (χ1v) is 8.62. The molecule has 1 amide bonds. The highest BCUT2D eigenvalue weighted by Crippen LogP contribution is 2.21. The lowest BCUT2D eigenvalue weighted by atomic mass is 10.1. The van der Waals surface area contributed by atoms with Gasteiger partial charge in [-0.2, -0.15) is 0 Å². The Labute approximate surface area is 151 Å². The number of ether oxygens (including phenoxy) is 1. The van der Waals surface area contributed by atoms with E-state index in [1.54, 1.807) is 0 Å². The molecule has 0 bridgehead atoms. The predicted octanol–water partition coefficient (Wildman–Crippen LogP) is 2.16. The zero-order chi connectivity index (χ0) is 18.4. The lowest BCUT2D eigenvalue weighted by Gasteiger charge is -2.28. The number of amides is 1. The van der Waals surface area contributed by atoms with Gasteiger partial charge in [0, 0.05) is 36.7 Å². The molecule has 2 N–H and O–H groups in total. The summed E-state index contributed by atoms with van der Waals surface area (Å²) in [6.07, 6.45) is 4.95. The summed E-state index contributed by atoms with van der Waals surface area (Å²) < 4.78 is 4.94. The van der Waals surface area contributed by atoms with E-state index >= 15 is 0 Å². The summed E-state index contributed by atoms with van der Waals surface area (Å²) in [5, 5.41) is 2.70. The number of pyridine rings is 1. The van der Waals surface area contributed by atoms with Crippen molar-refractivity contribution in [2.45, 2.75) is 19.3 Å². The second kappa shape index (κ2) is 8.33. The summed E-state index contributed by atoms with van der Waals surface area (Å²) >= 11 is 0. The highest BCUT2D eigenvalue weighted by Gasteiger charge is 2.12. The number of piperidine rings is 1. The van der Waals surface area contributed by atoms with Crippen molar-refractivity contribution in [2.24, 2.45) is 0 Å². The maximum Gasteiger partial charge on any atom is 0.340 e. The van der Waals surface area contributed by atoms with Gasteiger partial charge in [0.25, 0.3) is 5.91 Å². The van der Waals surface area contributed by atoms with Crippen LogP contribution in [0.25, 0.3) is 0 Å². The molecule has 2 heterocycles. The fourth-order valence-electron chi connectivity index (χ4n) is 2.86. The number of anilines is 2. The molecule has 7 heteroatoms. The van der Waals surface area contributed by atoms with Gasteiger partial charge < -0.3 is 19.9 Å². The molecule has 1 fully saturated rings. The monoisotopic (exact) mass is 355 g/mol. The van der Waals surface area contributed by atoms with E-state index in [1.165, 1.54) is 37.6 Å². The third-order valence-electron chi connectivity index (χ3n) is 4.23. The van der Waals surface area contributed by atoms with E-state index in [9.17, 15) is 14.4 Å². The van der Waals surface area contributed by atoms with Crippen LogP contribution in [0.15, 0.2) is 47.4 Å². The second-order valence-corrected chi connectivity index (χ2v) is 6.16. The Morgan fingerprint density at radius 1 is 1.04 bits per heavy atom. The van der Waals surface area contributed by atoms with Crippen molar-refractivity contribution < 1.29 is 14.3 Å². The Hall–Kier alpha value is -3.09. The summed E-state index contributed by atoms with van der Waals surface area (Å²) in [7, 11) is 0. The first-order chi connectivity index (χ1) is 12.6. The van der Waals surface area contributed by atoms with E-state index in [1.807, 2.05) is 24.3 Å². The molecule has 26 heavy (non-hydrogen) atoms. The van der Waals surface area contributed by atoms with E-state index < -0.39 is 18.5 Å². The number of aromatic nitrogens is 1. The molecule has 2 aromatic rings. The molecule has 0 aliphatic carbocycles. The second-order valence-electron chi connectivity index (χ2n) is 6.16. The Kier molecular flexibility index (Phi) is 5.68. The highest BCUT2D eigenvalue weighted by molar-refractivity contribution is 5.95. The molecule has 1 aliphatic heterocycles. The topological polar surface area (TPSA) is 91.5 Å². The minimum absolute atomic E-state index is 0.184. The van der Waals surface area contributed by atoms with E-state index in [0.717, 1.165) is 18.8 Å². The highest BCUT2D eigenvalue weighted by atomic mass is 16.5. The van der Waals surface area contributed by atoms with Gasteiger partial charge in [-0.1, -0.05) is 0 Å². The van der Waals surface area contributed by atoms with Crippen LogP contribution in [-0.4, -0.2) is 36.6 Å². The number of esters is 1. The van der Waals surface area contributed by atoms with Gasteiger partial charge in [-0.15, -0.1) is 0 Å². The predicted molar refractivity (Wildman–Crippen MR) is 98.5 cm³/mol. The molecule has 0 saturated carbocycles. The van der Waals surface area contributed by atoms with Gasteiger partial charge in [-0.3, -0.25) is 9.59 Å². The van der Waals surface area contributed by atoms with Gasteiger partial charge in [0.2, 0.25) is 5.56 Å². The van der Waals surface area contributed by atoms with E-state index in [0.29, 0.717) is 5.69 Å². The number of aromatic amines is 1. The summed E-state index contributed by atoms with van der Waals surface area (Å²) in [4.78, 5) is 39.4. The minimum atomic E-state index is -0.670. The van der Waals surface area contributed by atoms with E-state index in [-0.39, 0.29) is 11.1 Å². The van der Waals surface area contributed by atoms with Gasteiger partial charge in [0.1, 0.15) is 0 Å². The molecular formula is C19H21N3O4. The Morgan fingerprint density at radius 3 is 2.42 bits per heavy atom. The zero-order valence-electron chi connectivity index (χ0n) is 14.4. The molecule has 1 saturated heterocycles. The van der Waals surface area contributed by atoms with Crippen LogP contribution in [0.2, 0.25) is 0 Å². The maximum absolute atomic E-state index is 11.9. The van der Waals surface area contributed by atoms with Crippen LogP contribution in [0.5, 0.6) is 0 Å². The molecule has 0 unspecified atom stereocenters. The molecule has 0 atom stereocenters. The van der Waals surface area contributed by atoms with Crippen molar-refractivity contribution in [3.63, 3.8) is 0 Å². The van der Waals surface area contributed by atoms with Crippen molar-refractivity contribution in [1.29, 1.82) is 0 Å². The fraction of sp³-hybridized carbons (Fsp3) is 0.316. The number of carbonyl (C=O) groups excluding carboxylic acids is 2. The number of H-pyrrole nitrogens is 1. The average molecular weight is 355 g/mol. The van der Waals surface area contributed by atoms with Crippen LogP contribution in [0, 0.1) is 0 Å². The summed E-state index contributed by atoms with van der Waals surface area (Å²) in [6, 6.07) is 10.2. The molecule has 1 aromatic heterocycles. The number of hydrogen-bond donors (Lipinski definition) is 2. The Bertz CT molecular complexity index is 803. The number of rotatable bonds is 5. The smallest absolute Gasteiger partial charge is 0.340 e. The Morgan fingerprint density at radius 2 is 1.77 bits per heavy atom. The zero-order valence-corrected chi connectivity index (χ0v) is 14.4. The average Bonchev–Trinajstić information content (AvgIpc) is 2.68. The Balaban J connectivity index is 1.49. The maximum atomic E-state index is 11.9. The summed E-state index contributed by atoms with van der Waals surface area (Å²) in [5.74, 6) is -1.09. The van der Waals surface area contributed by atoms with Gasteiger partial charge in [-0.05, 0) is 49.6 Å². The van der Waals surface area contributed by atoms with E-state index in [2.05, 4.69) is 15.2 Å². The summed E-state index contributed by atoms with van der Waals surface area (Å²) in [5.41, 5.74) is 1.67. The van der Waals surface area contributed by atoms with Crippen molar-refractivity contribution in [3.8, 4) is 0 Å². The molecule has 3 rings (SSSR count). The van der Waals surface area contributed by atoms with Crippen LogP contribution in [0.4, 0.5) is 11.4 Å². The third kappa shape index (κ3) is 4.72. The van der Waals surface area contributed by atoms with Crippen LogP contribution < -0.4 is 15.8 Å².